The fraction of sp³-hybridized carbons (Fsp3) is 0.419. The number of hydrogen-bond donors (Lipinski definition) is 0. The van der Waals surface area contributed by atoms with Gasteiger partial charge in [-0.1, -0.05) is 12.1 Å². The quantitative estimate of drug-likeness (QED) is 0.333. The van der Waals surface area contributed by atoms with Crippen LogP contribution in [0, 0.1) is 36.5 Å². The zero-order valence-electron chi connectivity index (χ0n) is 24.3. The van der Waals surface area contributed by atoms with Gasteiger partial charge in [0.2, 0.25) is 0 Å². The van der Waals surface area contributed by atoms with Gasteiger partial charge in [0.15, 0.2) is 0 Å². The van der Waals surface area contributed by atoms with Gasteiger partial charge < -0.3 is 9.80 Å². The van der Waals surface area contributed by atoms with E-state index >= 15 is 0 Å². The fourth-order valence-electron chi connectivity index (χ4n) is 5.54. The van der Waals surface area contributed by atoms with Gasteiger partial charge in [-0.15, -0.1) is 0 Å². The van der Waals surface area contributed by atoms with Crippen LogP contribution in [0.2, 0.25) is 0 Å². The van der Waals surface area contributed by atoms with E-state index in [4.69, 9.17) is 0 Å². The minimum atomic E-state index is -1.05. The Balaban J connectivity index is 1.41. The lowest BCUT2D eigenvalue weighted by atomic mass is 10.0. The first-order chi connectivity index (χ1) is 19.3. The second kappa shape index (κ2) is 10.7. The van der Waals surface area contributed by atoms with Gasteiger partial charge in [-0.2, -0.15) is 10.5 Å². The van der Waals surface area contributed by atoms with Crippen LogP contribution in [-0.4, -0.2) is 57.8 Å². The summed E-state index contributed by atoms with van der Waals surface area (Å²) < 4.78 is 0. The summed E-state index contributed by atoms with van der Waals surface area (Å²) in [5.41, 5.74) is 0.676. The third-order valence-electron chi connectivity index (χ3n) is 8.24. The topological polar surface area (TPSA) is 129 Å². The van der Waals surface area contributed by atoms with E-state index in [0.29, 0.717) is 66.0 Å². The Bertz CT molecular complexity index is 1420. The monoisotopic (exact) mass is 554 g/mol. The van der Waals surface area contributed by atoms with Crippen LogP contribution in [0.4, 0.5) is 21.0 Å². The second-order valence-corrected chi connectivity index (χ2v) is 11.5. The smallest absolute Gasteiger partial charge is 0.310 e. The maximum atomic E-state index is 13.4. The highest BCUT2D eigenvalue weighted by molar-refractivity contribution is 6.24. The molecule has 2 heterocycles. The summed E-state index contributed by atoms with van der Waals surface area (Å²) in [4.78, 5) is 58.8. The van der Waals surface area contributed by atoms with Crippen molar-refractivity contribution in [2.45, 2.75) is 71.9 Å². The molecule has 0 saturated carbocycles. The normalized spacial score (nSPS) is 17.9. The Morgan fingerprint density at radius 1 is 0.634 bits per heavy atom. The van der Waals surface area contributed by atoms with Crippen LogP contribution in [0.15, 0.2) is 36.4 Å². The van der Waals surface area contributed by atoms with Crippen LogP contribution in [-0.2, 0) is 9.59 Å². The van der Waals surface area contributed by atoms with Gasteiger partial charge in [0, 0.05) is 13.1 Å². The average molecular weight is 555 g/mol. The summed E-state index contributed by atoms with van der Waals surface area (Å²) >= 11 is 0. The van der Waals surface area contributed by atoms with Crippen molar-refractivity contribution in [1.82, 2.24) is 9.80 Å². The van der Waals surface area contributed by atoms with Crippen molar-refractivity contribution in [2.75, 3.05) is 22.9 Å². The van der Waals surface area contributed by atoms with Crippen LogP contribution in [0.5, 0.6) is 0 Å². The number of benzene rings is 2. The Morgan fingerprint density at radius 2 is 1.00 bits per heavy atom. The summed E-state index contributed by atoms with van der Waals surface area (Å²) in [7, 11) is 0. The molecule has 2 aromatic carbocycles. The average Bonchev–Trinajstić information content (AvgIpc) is 3.20. The molecule has 0 spiro atoms. The van der Waals surface area contributed by atoms with Crippen LogP contribution in [0.25, 0.3) is 0 Å². The zero-order valence-corrected chi connectivity index (χ0v) is 24.3. The van der Waals surface area contributed by atoms with Crippen molar-refractivity contribution in [3.63, 3.8) is 0 Å². The molecule has 0 radical (unpaired) electrons. The van der Waals surface area contributed by atoms with Crippen molar-refractivity contribution in [3.05, 3.63) is 58.7 Å². The minimum absolute atomic E-state index is 0.341. The molecule has 0 aromatic heterocycles. The van der Waals surface area contributed by atoms with E-state index in [1.807, 2.05) is 0 Å². The first kappa shape index (κ1) is 29.3. The number of urea groups is 2. The van der Waals surface area contributed by atoms with E-state index in [2.05, 4.69) is 12.1 Å². The molecule has 10 nitrogen and oxygen atoms in total. The Labute approximate surface area is 240 Å². The number of imide groups is 2. The Morgan fingerprint density at radius 3 is 1.34 bits per heavy atom. The summed E-state index contributed by atoms with van der Waals surface area (Å²) in [6.45, 7) is 11.0. The predicted octanol–water partition coefficient (Wildman–Crippen LogP) is 5.01. The number of carbonyl (C=O) groups is 4. The van der Waals surface area contributed by atoms with Gasteiger partial charge in [-0.3, -0.25) is 9.59 Å². The molecule has 0 N–H and O–H groups in total. The summed E-state index contributed by atoms with van der Waals surface area (Å²) in [6, 6.07) is 13.3. The predicted molar refractivity (Wildman–Crippen MR) is 153 cm³/mol. The van der Waals surface area contributed by atoms with Crippen LogP contribution in [0.3, 0.4) is 0 Å². The van der Waals surface area contributed by atoms with E-state index in [0.717, 1.165) is 9.80 Å². The fourth-order valence-corrected chi connectivity index (χ4v) is 5.54. The largest absolute Gasteiger partial charge is 0.332 e. The molecule has 2 aromatic rings. The molecule has 2 aliphatic rings. The van der Waals surface area contributed by atoms with E-state index in [9.17, 15) is 29.7 Å². The van der Waals surface area contributed by atoms with Gasteiger partial charge in [-0.25, -0.2) is 19.4 Å². The molecule has 212 valence electrons. The highest BCUT2D eigenvalue weighted by Crippen LogP contribution is 2.36. The van der Waals surface area contributed by atoms with Gasteiger partial charge in [0.1, 0.15) is 11.1 Å². The van der Waals surface area contributed by atoms with E-state index in [1.165, 1.54) is 0 Å². The number of unbranched alkanes of at least 4 members (excludes halogenated alkanes) is 2. The van der Waals surface area contributed by atoms with Crippen molar-refractivity contribution in [1.29, 1.82) is 10.5 Å². The maximum absolute atomic E-state index is 13.4. The standard InChI is InChI=1S/C31H34N6O4/c1-20-22(18-32)12-10-14-24(20)36-26(38)30(3,4)34(28(36)40)16-8-7-9-17-35-29(41)37(27(39)31(35,5)6)25-15-11-13-23(19-33)21(25)2/h10-15H,7-9,16-17H2,1-6H3. The molecule has 0 unspecified atom stereocenters. The maximum Gasteiger partial charge on any atom is 0.332 e. The lowest BCUT2D eigenvalue weighted by Crippen LogP contribution is -2.45. The number of amides is 6. The summed E-state index contributed by atoms with van der Waals surface area (Å²) in [6.07, 6.45) is 1.85. The third kappa shape index (κ3) is 4.70. The molecule has 41 heavy (non-hydrogen) atoms. The van der Waals surface area contributed by atoms with Gasteiger partial charge >= 0.3 is 12.1 Å². The van der Waals surface area contributed by atoms with E-state index in [-0.39, 0.29) is 11.8 Å². The number of nitriles is 2. The van der Waals surface area contributed by atoms with Crippen LogP contribution >= 0.6 is 0 Å². The summed E-state index contributed by atoms with van der Waals surface area (Å²) in [5.74, 6) is -0.695. The summed E-state index contributed by atoms with van der Waals surface area (Å²) in [5, 5.41) is 18.8. The van der Waals surface area contributed by atoms with Gasteiger partial charge in [0.05, 0.1) is 34.6 Å². The lowest BCUT2D eigenvalue weighted by Gasteiger charge is -2.29. The molecule has 2 fully saturated rings. The van der Waals surface area contributed by atoms with Crippen molar-refractivity contribution < 1.29 is 19.2 Å². The molecule has 4 rings (SSSR count). The Hall–Kier alpha value is -4.70. The molecular weight excluding hydrogens is 520 g/mol. The molecule has 2 saturated heterocycles. The molecular formula is C31H34N6O4. The minimum Gasteiger partial charge on any atom is -0.310 e. The second-order valence-electron chi connectivity index (χ2n) is 11.5. The molecule has 10 heteroatoms. The number of anilines is 2. The van der Waals surface area contributed by atoms with Crippen molar-refractivity contribution in [2.24, 2.45) is 0 Å². The number of carbonyl (C=O) groups excluding carboxylic acids is 4. The number of hydrogen-bond acceptors (Lipinski definition) is 6. The van der Waals surface area contributed by atoms with Crippen LogP contribution < -0.4 is 9.80 Å². The highest BCUT2D eigenvalue weighted by atomic mass is 16.2. The molecule has 6 amide bonds. The first-order valence-electron chi connectivity index (χ1n) is 13.6. The third-order valence-corrected chi connectivity index (χ3v) is 8.24. The van der Waals surface area contributed by atoms with Gasteiger partial charge in [0.25, 0.3) is 11.8 Å². The molecule has 0 aliphatic carbocycles. The van der Waals surface area contributed by atoms with Crippen molar-refractivity contribution in [3.8, 4) is 12.1 Å². The molecule has 2 aliphatic heterocycles. The number of rotatable bonds is 8. The number of nitrogens with zero attached hydrogens (tertiary/aromatic N) is 6. The SMILES string of the molecule is Cc1c(C#N)cccc1N1C(=O)N(CCCCCN2C(=O)N(c3cccc(C#N)c3C)C(=O)C2(C)C)C(C)(C)C1=O. The first-order valence-corrected chi connectivity index (χ1v) is 13.6. The Kier molecular flexibility index (Phi) is 7.64. The lowest BCUT2D eigenvalue weighted by molar-refractivity contribution is -0.124. The van der Waals surface area contributed by atoms with Crippen LogP contribution in [0.1, 0.15) is 69.2 Å². The van der Waals surface area contributed by atoms with Gasteiger partial charge in [-0.05, 0) is 96.2 Å². The van der Waals surface area contributed by atoms with E-state index < -0.39 is 23.1 Å². The molecule has 0 bridgehead atoms. The van der Waals surface area contributed by atoms with Crippen molar-refractivity contribution >= 4 is 35.3 Å². The molecule has 0 atom stereocenters. The van der Waals surface area contributed by atoms with E-state index in [1.54, 1.807) is 87.7 Å². The zero-order chi connectivity index (χ0) is 30.3. The highest BCUT2D eigenvalue weighted by Gasteiger charge is 2.53.